The number of para-hydroxylation sites is 1. The van der Waals surface area contributed by atoms with Crippen LogP contribution in [-0.2, 0) is 16.0 Å². The zero-order chi connectivity index (χ0) is 20.9. The Hall–Kier alpha value is -3.28. The normalized spacial score (nSPS) is 15.7. The number of likely N-dealkylation sites (tertiary alicyclic amines) is 1. The molecule has 1 atom stereocenters. The largest absolute Gasteiger partial charge is 0.467 e. The SMILES string of the molecule is COC(=O)[C@@H](Cc1c[nH]c2ccccc12)NC(=O)N1CCC(c2ccccc2)CC1. The monoisotopic (exact) mass is 405 g/mol. The summed E-state index contributed by atoms with van der Waals surface area (Å²) in [4.78, 5) is 30.2. The van der Waals surface area contributed by atoms with E-state index < -0.39 is 12.0 Å². The van der Waals surface area contributed by atoms with E-state index in [0.717, 1.165) is 29.3 Å². The van der Waals surface area contributed by atoms with E-state index in [9.17, 15) is 9.59 Å². The number of aromatic nitrogens is 1. The highest BCUT2D eigenvalue weighted by Crippen LogP contribution is 2.28. The van der Waals surface area contributed by atoms with Gasteiger partial charge in [0.25, 0.3) is 0 Å². The summed E-state index contributed by atoms with van der Waals surface area (Å²) in [6.07, 6.45) is 4.10. The number of nitrogens with zero attached hydrogens (tertiary/aromatic N) is 1. The third-order valence-electron chi connectivity index (χ3n) is 5.94. The number of carbonyl (C=O) groups excluding carboxylic acids is 2. The molecule has 2 heterocycles. The Morgan fingerprint density at radius 2 is 1.80 bits per heavy atom. The maximum Gasteiger partial charge on any atom is 0.328 e. The minimum absolute atomic E-state index is 0.211. The van der Waals surface area contributed by atoms with Gasteiger partial charge in [-0.3, -0.25) is 0 Å². The molecule has 1 saturated heterocycles. The number of hydrogen-bond acceptors (Lipinski definition) is 3. The highest BCUT2D eigenvalue weighted by Gasteiger charge is 2.28. The fourth-order valence-electron chi connectivity index (χ4n) is 4.24. The minimum atomic E-state index is -0.728. The van der Waals surface area contributed by atoms with Crippen LogP contribution < -0.4 is 5.32 Å². The lowest BCUT2D eigenvalue weighted by atomic mass is 9.89. The second-order valence-corrected chi connectivity index (χ2v) is 7.76. The van der Waals surface area contributed by atoms with Crippen LogP contribution in [0.15, 0.2) is 60.8 Å². The van der Waals surface area contributed by atoms with Crippen LogP contribution in [-0.4, -0.2) is 48.1 Å². The van der Waals surface area contributed by atoms with Gasteiger partial charge in [0.1, 0.15) is 6.04 Å². The van der Waals surface area contributed by atoms with Crippen molar-refractivity contribution in [1.29, 1.82) is 0 Å². The minimum Gasteiger partial charge on any atom is -0.467 e. The van der Waals surface area contributed by atoms with Crippen molar-refractivity contribution in [1.82, 2.24) is 15.2 Å². The van der Waals surface area contributed by atoms with Gasteiger partial charge in [0.05, 0.1) is 7.11 Å². The van der Waals surface area contributed by atoms with Crippen molar-refractivity contribution in [3.8, 4) is 0 Å². The van der Waals surface area contributed by atoms with E-state index in [1.165, 1.54) is 12.7 Å². The Morgan fingerprint density at radius 1 is 1.10 bits per heavy atom. The molecule has 0 spiro atoms. The maximum absolute atomic E-state index is 12.9. The van der Waals surface area contributed by atoms with Crippen LogP contribution in [0.25, 0.3) is 10.9 Å². The lowest BCUT2D eigenvalue weighted by Crippen LogP contribution is -2.51. The Balaban J connectivity index is 1.40. The zero-order valence-corrected chi connectivity index (χ0v) is 17.1. The summed E-state index contributed by atoms with van der Waals surface area (Å²) in [5, 5.41) is 3.94. The number of nitrogens with one attached hydrogen (secondary N) is 2. The molecular formula is C24H27N3O3. The predicted octanol–water partition coefficient (Wildman–Crippen LogP) is 3.84. The summed E-state index contributed by atoms with van der Waals surface area (Å²) in [6.45, 7) is 1.35. The van der Waals surface area contributed by atoms with Crippen molar-refractivity contribution in [2.24, 2.45) is 0 Å². The van der Waals surface area contributed by atoms with Crippen molar-refractivity contribution in [2.45, 2.75) is 31.2 Å². The average Bonchev–Trinajstić information content (AvgIpc) is 3.21. The second kappa shape index (κ2) is 9.03. The van der Waals surface area contributed by atoms with Crippen LogP contribution in [0.1, 0.15) is 29.9 Å². The summed E-state index contributed by atoms with van der Waals surface area (Å²) in [5.74, 6) is 0.0330. The lowest BCUT2D eigenvalue weighted by Gasteiger charge is -2.33. The molecule has 1 aromatic heterocycles. The smallest absolute Gasteiger partial charge is 0.328 e. The van der Waals surface area contributed by atoms with Gasteiger partial charge in [0.15, 0.2) is 0 Å². The average molecular weight is 405 g/mol. The maximum atomic E-state index is 12.9. The van der Waals surface area contributed by atoms with Crippen LogP contribution in [0.4, 0.5) is 4.79 Å². The first-order valence-electron chi connectivity index (χ1n) is 10.4. The van der Waals surface area contributed by atoms with Crippen molar-refractivity contribution in [3.63, 3.8) is 0 Å². The van der Waals surface area contributed by atoms with Crippen molar-refractivity contribution >= 4 is 22.9 Å². The number of carbonyl (C=O) groups is 2. The Morgan fingerprint density at radius 3 is 2.53 bits per heavy atom. The number of esters is 1. The number of piperidine rings is 1. The second-order valence-electron chi connectivity index (χ2n) is 7.76. The predicted molar refractivity (Wildman–Crippen MR) is 116 cm³/mol. The summed E-state index contributed by atoms with van der Waals surface area (Å²) < 4.78 is 4.95. The first kappa shape index (κ1) is 20.0. The molecule has 3 aromatic rings. The summed E-state index contributed by atoms with van der Waals surface area (Å²) >= 11 is 0. The molecule has 30 heavy (non-hydrogen) atoms. The molecule has 1 fully saturated rings. The van der Waals surface area contributed by atoms with Crippen molar-refractivity contribution in [3.05, 3.63) is 71.9 Å². The fraction of sp³-hybridized carbons (Fsp3) is 0.333. The highest BCUT2D eigenvalue weighted by atomic mass is 16.5. The Kier molecular flexibility index (Phi) is 6.02. The number of methoxy groups -OCH3 is 1. The van der Waals surface area contributed by atoms with E-state index in [-0.39, 0.29) is 6.03 Å². The van der Waals surface area contributed by atoms with Crippen LogP contribution in [0.5, 0.6) is 0 Å². The first-order chi connectivity index (χ1) is 14.7. The van der Waals surface area contributed by atoms with Gasteiger partial charge in [-0.1, -0.05) is 48.5 Å². The van der Waals surface area contributed by atoms with Gasteiger partial charge in [0, 0.05) is 36.6 Å². The Bertz CT molecular complexity index is 1010. The molecule has 1 aliphatic heterocycles. The number of urea groups is 1. The molecule has 2 amide bonds. The third kappa shape index (κ3) is 4.32. The Labute approximate surface area is 176 Å². The lowest BCUT2D eigenvalue weighted by molar-refractivity contribution is -0.142. The van der Waals surface area contributed by atoms with Gasteiger partial charge >= 0.3 is 12.0 Å². The summed E-state index contributed by atoms with van der Waals surface area (Å²) in [6, 6.07) is 17.4. The number of hydrogen-bond donors (Lipinski definition) is 2. The molecule has 0 bridgehead atoms. The topological polar surface area (TPSA) is 74.4 Å². The number of amides is 2. The standard InChI is InChI=1S/C24H27N3O3/c1-30-23(28)22(15-19-16-25-21-10-6-5-9-20(19)21)26-24(29)27-13-11-18(12-14-27)17-7-3-2-4-8-17/h2-10,16,18,22,25H,11-15H2,1H3,(H,26,29)/t22-/m1/s1. The number of aromatic amines is 1. The van der Waals surface area contributed by atoms with Gasteiger partial charge < -0.3 is 19.9 Å². The van der Waals surface area contributed by atoms with E-state index in [2.05, 4.69) is 34.6 Å². The van der Waals surface area contributed by atoms with Gasteiger partial charge in [-0.25, -0.2) is 9.59 Å². The molecule has 6 nitrogen and oxygen atoms in total. The van der Waals surface area contributed by atoms with Gasteiger partial charge in [-0.15, -0.1) is 0 Å². The van der Waals surface area contributed by atoms with Gasteiger partial charge in [-0.05, 0) is 36.0 Å². The van der Waals surface area contributed by atoms with E-state index in [1.54, 1.807) is 4.90 Å². The molecule has 2 aromatic carbocycles. The summed E-state index contributed by atoms with van der Waals surface area (Å²) in [7, 11) is 1.35. The molecule has 2 N–H and O–H groups in total. The van der Waals surface area contributed by atoms with Crippen molar-refractivity contribution in [2.75, 3.05) is 20.2 Å². The van der Waals surface area contributed by atoms with Crippen molar-refractivity contribution < 1.29 is 14.3 Å². The zero-order valence-electron chi connectivity index (χ0n) is 17.1. The van der Waals surface area contributed by atoms with E-state index >= 15 is 0 Å². The van der Waals surface area contributed by atoms with Crippen LogP contribution in [0.3, 0.4) is 0 Å². The summed E-state index contributed by atoms with van der Waals surface area (Å²) in [5.41, 5.74) is 3.30. The van der Waals surface area contributed by atoms with E-state index in [0.29, 0.717) is 25.4 Å². The van der Waals surface area contributed by atoms with E-state index in [1.807, 2.05) is 36.5 Å². The van der Waals surface area contributed by atoms with E-state index in [4.69, 9.17) is 4.74 Å². The number of benzene rings is 2. The number of ether oxygens (including phenoxy) is 1. The number of fused-ring (bicyclic) bond motifs is 1. The molecule has 156 valence electrons. The fourth-order valence-corrected chi connectivity index (χ4v) is 4.24. The molecule has 0 aliphatic carbocycles. The van der Waals surface area contributed by atoms with Gasteiger partial charge in [-0.2, -0.15) is 0 Å². The molecular weight excluding hydrogens is 378 g/mol. The quantitative estimate of drug-likeness (QED) is 0.634. The molecule has 6 heteroatoms. The number of H-pyrrole nitrogens is 1. The molecule has 4 rings (SSSR count). The molecule has 0 radical (unpaired) electrons. The molecule has 0 unspecified atom stereocenters. The van der Waals surface area contributed by atoms with Crippen LogP contribution in [0, 0.1) is 0 Å². The van der Waals surface area contributed by atoms with Crippen LogP contribution >= 0.6 is 0 Å². The molecule has 1 aliphatic rings. The first-order valence-corrected chi connectivity index (χ1v) is 10.4. The number of rotatable bonds is 5. The third-order valence-corrected chi connectivity index (χ3v) is 5.94. The molecule has 0 saturated carbocycles. The van der Waals surface area contributed by atoms with Crippen LogP contribution in [0.2, 0.25) is 0 Å². The van der Waals surface area contributed by atoms with Gasteiger partial charge in [0.2, 0.25) is 0 Å². The highest BCUT2D eigenvalue weighted by molar-refractivity contribution is 5.87.